The van der Waals surface area contributed by atoms with Gasteiger partial charge in [-0.3, -0.25) is 0 Å². The van der Waals surface area contributed by atoms with Crippen LogP contribution in [0.3, 0.4) is 0 Å². The fraction of sp³-hybridized carbons (Fsp3) is 0.600. The minimum absolute atomic E-state index is 0.516. The van der Waals surface area contributed by atoms with Gasteiger partial charge in [-0.15, -0.1) is 0 Å². The Labute approximate surface area is 98.0 Å². The zero-order valence-corrected chi connectivity index (χ0v) is 10.4. The zero-order chi connectivity index (χ0) is 10.8. The summed E-state index contributed by atoms with van der Waals surface area (Å²) in [7, 11) is 0. The standard InChI is InChI=1S/C10H15BrN4/c1-2-7-4-3-5-15(7)10-8(11)9(12)13-6-14-10/h6-7H,2-5H2,1H3,(H2,12,13,14). The Morgan fingerprint density at radius 3 is 3.13 bits per heavy atom. The molecule has 2 N–H and O–H groups in total. The average molecular weight is 271 g/mol. The van der Waals surface area contributed by atoms with Crippen LogP contribution in [0.15, 0.2) is 10.8 Å². The summed E-state index contributed by atoms with van der Waals surface area (Å²) < 4.78 is 0.824. The van der Waals surface area contributed by atoms with Gasteiger partial charge in [-0.2, -0.15) is 0 Å². The van der Waals surface area contributed by atoms with Crippen molar-refractivity contribution < 1.29 is 0 Å². The first-order chi connectivity index (χ1) is 7.24. The van der Waals surface area contributed by atoms with E-state index in [-0.39, 0.29) is 0 Å². The van der Waals surface area contributed by atoms with Crippen LogP contribution in [-0.4, -0.2) is 22.6 Å². The molecule has 1 aromatic rings. The second kappa shape index (κ2) is 4.35. The molecular formula is C10H15BrN4. The van der Waals surface area contributed by atoms with Crippen LogP contribution >= 0.6 is 15.9 Å². The molecule has 1 aromatic heterocycles. The second-order valence-corrected chi connectivity index (χ2v) is 4.59. The van der Waals surface area contributed by atoms with Gasteiger partial charge in [-0.05, 0) is 35.2 Å². The van der Waals surface area contributed by atoms with Crippen LogP contribution < -0.4 is 10.6 Å². The molecule has 2 heterocycles. The molecule has 1 unspecified atom stereocenters. The second-order valence-electron chi connectivity index (χ2n) is 3.79. The number of nitrogens with two attached hydrogens (primary N) is 1. The van der Waals surface area contributed by atoms with E-state index < -0.39 is 0 Å². The lowest BCUT2D eigenvalue weighted by Gasteiger charge is -2.25. The van der Waals surface area contributed by atoms with E-state index in [1.54, 1.807) is 0 Å². The number of nitrogens with zero attached hydrogens (tertiary/aromatic N) is 3. The molecule has 0 bridgehead atoms. The molecule has 1 fully saturated rings. The first-order valence-corrected chi connectivity index (χ1v) is 6.06. The first-order valence-electron chi connectivity index (χ1n) is 5.26. The molecule has 1 saturated heterocycles. The van der Waals surface area contributed by atoms with E-state index in [1.807, 2.05) is 0 Å². The monoisotopic (exact) mass is 270 g/mol. The molecule has 1 atom stereocenters. The molecule has 1 aliphatic rings. The summed E-state index contributed by atoms with van der Waals surface area (Å²) in [5.74, 6) is 1.45. The summed E-state index contributed by atoms with van der Waals surface area (Å²) in [4.78, 5) is 10.6. The summed E-state index contributed by atoms with van der Waals surface area (Å²) in [6.45, 7) is 3.27. The van der Waals surface area contributed by atoms with Crippen molar-refractivity contribution in [2.24, 2.45) is 0 Å². The fourth-order valence-corrected chi connectivity index (χ4v) is 2.55. The smallest absolute Gasteiger partial charge is 0.148 e. The van der Waals surface area contributed by atoms with Crippen LogP contribution in [-0.2, 0) is 0 Å². The third-order valence-corrected chi connectivity index (χ3v) is 3.68. The van der Waals surface area contributed by atoms with Crippen LogP contribution in [0, 0.1) is 0 Å². The Morgan fingerprint density at radius 2 is 2.40 bits per heavy atom. The molecule has 0 aromatic carbocycles. The van der Waals surface area contributed by atoms with Gasteiger partial charge in [-0.25, -0.2) is 9.97 Å². The van der Waals surface area contributed by atoms with Crippen molar-refractivity contribution in [3.63, 3.8) is 0 Å². The third kappa shape index (κ3) is 1.93. The number of halogens is 1. The van der Waals surface area contributed by atoms with E-state index in [2.05, 4.69) is 37.7 Å². The maximum Gasteiger partial charge on any atom is 0.148 e. The van der Waals surface area contributed by atoms with E-state index in [0.717, 1.165) is 23.3 Å². The predicted octanol–water partition coefficient (Wildman–Crippen LogP) is 2.20. The lowest BCUT2D eigenvalue weighted by atomic mass is 10.2. The number of hydrogen-bond acceptors (Lipinski definition) is 4. The molecule has 82 valence electrons. The van der Waals surface area contributed by atoms with Crippen molar-refractivity contribution in [2.75, 3.05) is 17.2 Å². The topological polar surface area (TPSA) is 55.0 Å². The van der Waals surface area contributed by atoms with Gasteiger partial charge in [0.15, 0.2) is 0 Å². The van der Waals surface area contributed by atoms with Crippen LogP contribution in [0.25, 0.3) is 0 Å². The normalized spacial score (nSPS) is 20.9. The summed E-state index contributed by atoms with van der Waals surface area (Å²) >= 11 is 3.46. The van der Waals surface area contributed by atoms with E-state index in [4.69, 9.17) is 5.73 Å². The SMILES string of the molecule is CCC1CCCN1c1ncnc(N)c1Br. The quantitative estimate of drug-likeness (QED) is 0.895. The Bertz CT molecular complexity index is 355. The molecular weight excluding hydrogens is 256 g/mol. The molecule has 4 nitrogen and oxygen atoms in total. The Hall–Kier alpha value is -0.840. The summed E-state index contributed by atoms with van der Waals surface area (Å²) in [6, 6.07) is 0.593. The van der Waals surface area contributed by atoms with Crippen molar-refractivity contribution in [3.8, 4) is 0 Å². The number of rotatable bonds is 2. The van der Waals surface area contributed by atoms with Crippen molar-refractivity contribution in [2.45, 2.75) is 32.2 Å². The molecule has 0 saturated carbocycles. The van der Waals surface area contributed by atoms with Crippen molar-refractivity contribution in [1.29, 1.82) is 0 Å². The number of hydrogen-bond donors (Lipinski definition) is 1. The molecule has 5 heteroatoms. The van der Waals surface area contributed by atoms with Gasteiger partial charge < -0.3 is 10.6 Å². The van der Waals surface area contributed by atoms with Gasteiger partial charge in [0, 0.05) is 12.6 Å². The van der Waals surface area contributed by atoms with Crippen LogP contribution in [0.4, 0.5) is 11.6 Å². The fourth-order valence-electron chi connectivity index (χ4n) is 2.11. The lowest BCUT2D eigenvalue weighted by molar-refractivity contribution is 0.639. The van der Waals surface area contributed by atoms with Gasteiger partial charge in [0.25, 0.3) is 0 Å². The summed E-state index contributed by atoms with van der Waals surface area (Å²) in [6.07, 6.45) is 5.15. The molecule has 15 heavy (non-hydrogen) atoms. The highest BCUT2D eigenvalue weighted by atomic mass is 79.9. The number of nitrogen functional groups attached to an aromatic ring is 1. The van der Waals surface area contributed by atoms with Crippen LogP contribution in [0.1, 0.15) is 26.2 Å². The van der Waals surface area contributed by atoms with Crippen molar-refractivity contribution in [1.82, 2.24) is 9.97 Å². The third-order valence-electron chi connectivity index (χ3n) is 2.92. The highest BCUT2D eigenvalue weighted by Gasteiger charge is 2.26. The molecule has 1 aliphatic heterocycles. The zero-order valence-electron chi connectivity index (χ0n) is 8.78. The molecule has 2 rings (SSSR count). The highest BCUT2D eigenvalue weighted by molar-refractivity contribution is 9.10. The van der Waals surface area contributed by atoms with Gasteiger partial charge in [0.1, 0.15) is 22.4 Å². The van der Waals surface area contributed by atoms with E-state index in [0.29, 0.717) is 11.9 Å². The van der Waals surface area contributed by atoms with Crippen molar-refractivity contribution in [3.05, 3.63) is 10.8 Å². The Kier molecular flexibility index (Phi) is 3.09. The Balaban J connectivity index is 2.32. The summed E-state index contributed by atoms with van der Waals surface area (Å²) in [5.41, 5.74) is 5.75. The first kappa shape index (κ1) is 10.7. The molecule has 0 spiro atoms. The van der Waals surface area contributed by atoms with Crippen molar-refractivity contribution >= 4 is 27.6 Å². The Morgan fingerprint density at radius 1 is 1.60 bits per heavy atom. The minimum atomic E-state index is 0.516. The minimum Gasteiger partial charge on any atom is -0.383 e. The maximum absolute atomic E-state index is 5.75. The van der Waals surface area contributed by atoms with E-state index in [9.17, 15) is 0 Å². The van der Waals surface area contributed by atoms with E-state index in [1.165, 1.54) is 19.2 Å². The lowest BCUT2D eigenvalue weighted by Crippen LogP contribution is -2.29. The number of anilines is 2. The van der Waals surface area contributed by atoms with Gasteiger partial charge >= 0.3 is 0 Å². The van der Waals surface area contributed by atoms with Gasteiger partial charge in [0.2, 0.25) is 0 Å². The van der Waals surface area contributed by atoms with E-state index >= 15 is 0 Å². The predicted molar refractivity (Wildman–Crippen MR) is 64.8 cm³/mol. The van der Waals surface area contributed by atoms with Crippen LogP contribution in [0.5, 0.6) is 0 Å². The maximum atomic E-state index is 5.75. The average Bonchev–Trinajstić information content (AvgIpc) is 2.70. The largest absolute Gasteiger partial charge is 0.383 e. The van der Waals surface area contributed by atoms with Crippen LogP contribution in [0.2, 0.25) is 0 Å². The molecule has 0 aliphatic carbocycles. The summed E-state index contributed by atoms with van der Waals surface area (Å²) in [5, 5.41) is 0. The van der Waals surface area contributed by atoms with Gasteiger partial charge in [0.05, 0.1) is 0 Å². The number of aromatic nitrogens is 2. The van der Waals surface area contributed by atoms with Gasteiger partial charge in [-0.1, -0.05) is 6.92 Å². The highest BCUT2D eigenvalue weighted by Crippen LogP contribution is 2.33. The molecule has 0 radical (unpaired) electrons. The molecule has 0 amide bonds.